The van der Waals surface area contributed by atoms with E-state index in [1.807, 2.05) is 38.1 Å². The standard InChI is InChI=1S/C21H32N2O3/c1-19(2,3)14-20(4,5)22-17(24)12-13-23-15-10-8-9-11-16(15)26-21(6,7)18(23)25/h8-11H,12-14H2,1-7H3,(H,22,24). The normalized spacial score (nSPS) is 16.7. The lowest BCUT2D eigenvalue weighted by atomic mass is 9.82. The van der Waals surface area contributed by atoms with Gasteiger partial charge in [0.25, 0.3) is 5.91 Å². The highest BCUT2D eigenvalue weighted by molar-refractivity contribution is 6.02. The van der Waals surface area contributed by atoms with Crippen LogP contribution in [0.1, 0.15) is 61.3 Å². The molecule has 0 fully saturated rings. The molecule has 0 atom stereocenters. The van der Waals surface area contributed by atoms with Crippen LogP contribution in [0.4, 0.5) is 5.69 Å². The molecule has 1 N–H and O–H groups in total. The van der Waals surface area contributed by atoms with E-state index in [-0.39, 0.29) is 29.2 Å². The van der Waals surface area contributed by atoms with E-state index in [0.717, 1.165) is 12.1 Å². The summed E-state index contributed by atoms with van der Waals surface area (Å²) in [5.41, 5.74) is -0.379. The second-order valence-electron chi connectivity index (χ2n) is 9.46. The number of para-hydroxylation sites is 2. The van der Waals surface area contributed by atoms with Gasteiger partial charge in [0.2, 0.25) is 5.91 Å². The molecule has 0 radical (unpaired) electrons. The lowest BCUT2D eigenvalue weighted by Gasteiger charge is -2.39. The molecule has 0 bridgehead atoms. The van der Waals surface area contributed by atoms with E-state index in [2.05, 4.69) is 26.1 Å². The molecular formula is C21H32N2O3. The molecule has 0 saturated carbocycles. The van der Waals surface area contributed by atoms with Crippen LogP contribution in [0.3, 0.4) is 0 Å². The molecule has 1 heterocycles. The van der Waals surface area contributed by atoms with Gasteiger partial charge in [-0.3, -0.25) is 9.59 Å². The van der Waals surface area contributed by atoms with Crippen molar-refractivity contribution in [2.75, 3.05) is 11.4 Å². The van der Waals surface area contributed by atoms with E-state index >= 15 is 0 Å². The molecule has 0 saturated heterocycles. The van der Waals surface area contributed by atoms with Crippen LogP contribution in [0.5, 0.6) is 5.75 Å². The molecule has 0 unspecified atom stereocenters. The maximum absolute atomic E-state index is 12.8. The summed E-state index contributed by atoms with van der Waals surface area (Å²) in [6.07, 6.45) is 1.13. The van der Waals surface area contributed by atoms with Crippen molar-refractivity contribution in [3.05, 3.63) is 24.3 Å². The van der Waals surface area contributed by atoms with E-state index < -0.39 is 5.60 Å². The summed E-state index contributed by atoms with van der Waals surface area (Å²) in [5, 5.41) is 3.10. The van der Waals surface area contributed by atoms with Crippen molar-refractivity contribution in [2.45, 2.75) is 72.4 Å². The molecule has 5 heteroatoms. The Bertz CT molecular complexity index is 687. The van der Waals surface area contributed by atoms with E-state index in [4.69, 9.17) is 4.74 Å². The van der Waals surface area contributed by atoms with Crippen LogP contribution >= 0.6 is 0 Å². The molecule has 26 heavy (non-hydrogen) atoms. The number of ether oxygens (including phenoxy) is 1. The summed E-state index contributed by atoms with van der Waals surface area (Å²) in [7, 11) is 0. The number of nitrogens with one attached hydrogen (secondary N) is 1. The highest BCUT2D eigenvalue weighted by Gasteiger charge is 2.40. The first-order chi connectivity index (χ1) is 11.8. The SMILES string of the molecule is CC(C)(C)CC(C)(C)NC(=O)CCN1C(=O)C(C)(C)Oc2ccccc21. The van der Waals surface area contributed by atoms with E-state index in [1.54, 1.807) is 18.7 Å². The minimum atomic E-state index is -0.934. The average molecular weight is 360 g/mol. The maximum atomic E-state index is 12.8. The molecule has 5 nitrogen and oxygen atoms in total. The molecule has 2 amide bonds. The molecular weight excluding hydrogens is 328 g/mol. The van der Waals surface area contributed by atoms with Crippen molar-refractivity contribution in [1.29, 1.82) is 0 Å². The summed E-state index contributed by atoms with van der Waals surface area (Å²) in [5.74, 6) is 0.498. The summed E-state index contributed by atoms with van der Waals surface area (Å²) in [6, 6.07) is 7.45. The Morgan fingerprint density at radius 1 is 1.15 bits per heavy atom. The number of fused-ring (bicyclic) bond motifs is 1. The van der Waals surface area contributed by atoms with Crippen molar-refractivity contribution in [3.63, 3.8) is 0 Å². The first kappa shape index (κ1) is 20.3. The zero-order valence-electron chi connectivity index (χ0n) is 17.1. The van der Waals surface area contributed by atoms with Gasteiger partial charge in [-0.2, -0.15) is 0 Å². The number of carbonyl (C=O) groups excluding carboxylic acids is 2. The van der Waals surface area contributed by atoms with Gasteiger partial charge in [0.05, 0.1) is 5.69 Å². The summed E-state index contributed by atoms with van der Waals surface area (Å²) in [6.45, 7) is 14.4. The Morgan fingerprint density at radius 3 is 2.38 bits per heavy atom. The van der Waals surface area contributed by atoms with Crippen molar-refractivity contribution in [3.8, 4) is 5.75 Å². The quantitative estimate of drug-likeness (QED) is 0.866. The highest BCUT2D eigenvalue weighted by Crippen LogP contribution is 2.37. The molecule has 2 rings (SSSR count). The second kappa shape index (κ2) is 6.93. The van der Waals surface area contributed by atoms with Gasteiger partial charge in [-0.15, -0.1) is 0 Å². The van der Waals surface area contributed by atoms with Gasteiger partial charge in [0.1, 0.15) is 5.75 Å². The molecule has 1 aliphatic rings. The number of carbonyl (C=O) groups is 2. The Hall–Kier alpha value is -2.04. The zero-order chi connectivity index (χ0) is 19.8. The minimum Gasteiger partial charge on any atom is -0.476 e. The molecule has 144 valence electrons. The van der Waals surface area contributed by atoms with E-state index in [9.17, 15) is 9.59 Å². The largest absolute Gasteiger partial charge is 0.476 e. The van der Waals surface area contributed by atoms with Crippen LogP contribution in [0.25, 0.3) is 0 Å². The van der Waals surface area contributed by atoms with Crippen molar-refractivity contribution < 1.29 is 14.3 Å². The van der Waals surface area contributed by atoms with Crippen LogP contribution in [-0.4, -0.2) is 29.5 Å². The Kier molecular flexibility index (Phi) is 5.41. The summed E-state index contributed by atoms with van der Waals surface area (Å²) >= 11 is 0. The predicted molar refractivity (Wildman–Crippen MR) is 104 cm³/mol. The number of rotatable bonds is 5. The lowest BCUT2D eigenvalue weighted by Crippen LogP contribution is -2.53. The fourth-order valence-corrected chi connectivity index (χ4v) is 3.76. The number of nitrogens with zero attached hydrogens (tertiary/aromatic N) is 1. The minimum absolute atomic E-state index is 0.0474. The Balaban J connectivity index is 2.06. The second-order valence-corrected chi connectivity index (χ2v) is 9.46. The Labute approximate surface area is 157 Å². The monoisotopic (exact) mass is 360 g/mol. The van der Waals surface area contributed by atoms with Crippen LogP contribution in [-0.2, 0) is 9.59 Å². The van der Waals surface area contributed by atoms with E-state index in [1.165, 1.54) is 0 Å². The smallest absolute Gasteiger partial charge is 0.270 e. The van der Waals surface area contributed by atoms with Crippen molar-refractivity contribution in [1.82, 2.24) is 5.32 Å². The van der Waals surface area contributed by atoms with Gasteiger partial charge in [0, 0.05) is 18.5 Å². The fourth-order valence-electron chi connectivity index (χ4n) is 3.76. The van der Waals surface area contributed by atoms with Gasteiger partial charge >= 0.3 is 0 Å². The van der Waals surface area contributed by atoms with Crippen LogP contribution in [0.15, 0.2) is 24.3 Å². The third kappa shape index (κ3) is 4.99. The van der Waals surface area contributed by atoms with Crippen LogP contribution < -0.4 is 15.0 Å². The third-order valence-electron chi connectivity index (χ3n) is 4.29. The fraction of sp³-hybridized carbons (Fsp3) is 0.619. The highest BCUT2D eigenvalue weighted by atomic mass is 16.5. The number of anilines is 1. The Morgan fingerprint density at radius 2 is 1.77 bits per heavy atom. The first-order valence-electron chi connectivity index (χ1n) is 9.22. The molecule has 0 aliphatic carbocycles. The summed E-state index contributed by atoms with van der Waals surface area (Å²) < 4.78 is 5.81. The topological polar surface area (TPSA) is 58.6 Å². The van der Waals surface area contributed by atoms with Gasteiger partial charge in [0.15, 0.2) is 5.60 Å². The molecule has 1 aliphatic heterocycles. The molecule has 0 spiro atoms. The van der Waals surface area contributed by atoms with Gasteiger partial charge in [-0.05, 0) is 51.7 Å². The van der Waals surface area contributed by atoms with Crippen molar-refractivity contribution in [2.24, 2.45) is 5.41 Å². The molecule has 1 aromatic rings. The van der Waals surface area contributed by atoms with Crippen LogP contribution in [0.2, 0.25) is 0 Å². The molecule has 0 aromatic heterocycles. The van der Waals surface area contributed by atoms with E-state index in [0.29, 0.717) is 12.3 Å². The van der Waals surface area contributed by atoms with Gasteiger partial charge in [-0.25, -0.2) is 0 Å². The third-order valence-corrected chi connectivity index (χ3v) is 4.29. The summed E-state index contributed by atoms with van der Waals surface area (Å²) in [4.78, 5) is 26.9. The molecule has 1 aromatic carbocycles. The van der Waals surface area contributed by atoms with Gasteiger partial charge in [-0.1, -0.05) is 32.9 Å². The van der Waals surface area contributed by atoms with Crippen LogP contribution in [0, 0.1) is 5.41 Å². The number of hydrogen-bond donors (Lipinski definition) is 1. The first-order valence-corrected chi connectivity index (χ1v) is 9.22. The average Bonchev–Trinajstić information content (AvgIpc) is 2.44. The number of hydrogen-bond acceptors (Lipinski definition) is 3. The lowest BCUT2D eigenvalue weighted by molar-refractivity contribution is -0.132. The maximum Gasteiger partial charge on any atom is 0.270 e. The van der Waals surface area contributed by atoms with Crippen molar-refractivity contribution >= 4 is 17.5 Å². The zero-order valence-corrected chi connectivity index (χ0v) is 17.1. The number of benzene rings is 1. The predicted octanol–water partition coefficient (Wildman–Crippen LogP) is 3.91. The number of amides is 2. The van der Waals surface area contributed by atoms with Gasteiger partial charge < -0.3 is 15.0 Å².